The number of nitrogens with one attached hydrogen (secondary N) is 1. The van der Waals surface area contributed by atoms with Crippen LogP contribution < -0.4 is 11.1 Å². The van der Waals surface area contributed by atoms with Crippen LogP contribution in [0.1, 0.15) is 0 Å². The van der Waals surface area contributed by atoms with Crippen molar-refractivity contribution >= 4 is 21.2 Å². The molecule has 0 saturated carbocycles. The Balaban J connectivity index is 3.20. The van der Waals surface area contributed by atoms with E-state index in [1.165, 1.54) is 12.1 Å². The van der Waals surface area contributed by atoms with Crippen LogP contribution in [-0.4, -0.2) is 43.9 Å². The van der Waals surface area contributed by atoms with Gasteiger partial charge in [-0.1, -0.05) is 0 Å². The molecule has 9 heteroatoms. The Labute approximate surface area is 110 Å². The van der Waals surface area contributed by atoms with E-state index in [-0.39, 0.29) is 16.3 Å². The van der Waals surface area contributed by atoms with Gasteiger partial charge in [0.25, 0.3) is 5.69 Å². The standard InChI is InChI=1S/C10H15N3O5S/c11-3-4-12-9-2-1-8(7-10(9)13(15)16)19(17,18)6-5-14/h1-2,7,12,14H,3-6,11H2. The van der Waals surface area contributed by atoms with Crippen molar-refractivity contribution in [2.75, 3.05) is 30.8 Å². The molecule has 0 heterocycles. The van der Waals surface area contributed by atoms with Gasteiger partial charge in [-0.2, -0.15) is 0 Å². The molecule has 106 valence electrons. The minimum Gasteiger partial charge on any atom is -0.395 e. The second-order valence-electron chi connectivity index (χ2n) is 3.69. The molecule has 0 radical (unpaired) electrons. The first-order chi connectivity index (χ1) is 8.92. The molecule has 0 aromatic heterocycles. The molecular formula is C10H15N3O5S. The molecule has 19 heavy (non-hydrogen) atoms. The number of rotatable bonds is 7. The summed E-state index contributed by atoms with van der Waals surface area (Å²) in [4.78, 5) is 10.1. The molecule has 1 aromatic carbocycles. The third-order valence-corrected chi connectivity index (χ3v) is 4.04. The van der Waals surface area contributed by atoms with Gasteiger partial charge in [-0.15, -0.1) is 0 Å². The van der Waals surface area contributed by atoms with Gasteiger partial charge in [-0.3, -0.25) is 10.1 Å². The molecule has 0 fully saturated rings. The van der Waals surface area contributed by atoms with Crippen LogP contribution in [0.4, 0.5) is 11.4 Å². The summed E-state index contributed by atoms with van der Waals surface area (Å²) in [6.07, 6.45) is 0. The molecule has 0 aliphatic carbocycles. The SMILES string of the molecule is NCCNc1ccc(S(=O)(=O)CCO)cc1[N+](=O)[O-]. The Morgan fingerprint density at radius 1 is 1.42 bits per heavy atom. The number of hydrogen-bond donors (Lipinski definition) is 3. The van der Waals surface area contributed by atoms with Crippen molar-refractivity contribution in [1.29, 1.82) is 0 Å². The van der Waals surface area contributed by atoms with Crippen LogP contribution in [0.5, 0.6) is 0 Å². The monoisotopic (exact) mass is 289 g/mol. The normalized spacial score (nSPS) is 11.3. The van der Waals surface area contributed by atoms with E-state index in [4.69, 9.17) is 10.8 Å². The quantitative estimate of drug-likeness (QED) is 0.464. The zero-order chi connectivity index (χ0) is 14.5. The van der Waals surface area contributed by atoms with Crippen molar-refractivity contribution in [3.05, 3.63) is 28.3 Å². The van der Waals surface area contributed by atoms with Crippen LogP contribution in [0.15, 0.2) is 23.1 Å². The average Bonchev–Trinajstić information content (AvgIpc) is 2.35. The number of aliphatic hydroxyl groups is 1. The molecule has 0 aliphatic rings. The lowest BCUT2D eigenvalue weighted by Crippen LogP contribution is -2.15. The lowest BCUT2D eigenvalue weighted by molar-refractivity contribution is -0.384. The third kappa shape index (κ3) is 3.88. The fourth-order valence-electron chi connectivity index (χ4n) is 1.45. The van der Waals surface area contributed by atoms with Crippen molar-refractivity contribution in [3.63, 3.8) is 0 Å². The van der Waals surface area contributed by atoms with Crippen molar-refractivity contribution < 1.29 is 18.4 Å². The predicted molar refractivity (Wildman–Crippen MR) is 69.8 cm³/mol. The smallest absolute Gasteiger partial charge is 0.293 e. The van der Waals surface area contributed by atoms with Crippen LogP contribution in [0.2, 0.25) is 0 Å². The van der Waals surface area contributed by atoms with Crippen LogP contribution in [-0.2, 0) is 9.84 Å². The number of benzene rings is 1. The van der Waals surface area contributed by atoms with Crippen LogP contribution >= 0.6 is 0 Å². The van der Waals surface area contributed by atoms with Gasteiger partial charge in [-0.25, -0.2) is 8.42 Å². The molecule has 0 bridgehead atoms. The number of aliphatic hydroxyl groups excluding tert-OH is 1. The number of sulfone groups is 1. The highest BCUT2D eigenvalue weighted by atomic mass is 32.2. The van der Waals surface area contributed by atoms with Gasteiger partial charge in [0.15, 0.2) is 9.84 Å². The Hall–Kier alpha value is -1.71. The minimum absolute atomic E-state index is 0.188. The molecule has 0 aliphatic heterocycles. The largest absolute Gasteiger partial charge is 0.395 e. The van der Waals surface area contributed by atoms with E-state index in [2.05, 4.69) is 5.32 Å². The highest BCUT2D eigenvalue weighted by Crippen LogP contribution is 2.27. The first-order valence-electron chi connectivity index (χ1n) is 5.48. The van der Waals surface area contributed by atoms with Gasteiger partial charge in [0.05, 0.1) is 22.2 Å². The summed E-state index contributed by atoms with van der Waals surface area (Å²) in [6.45, 7) is 0.0919. The summed E-state index contributed by atoms with van der Waals surface area (Å²) in [5.41, 5.74) is 5.15. The molecule has 8 nitrogen and oxygen atoms in total. The number of nitro groups is 1. The molecule has 1 rings (SSSR count). The summed E-state index contributed by atoms with van der Waals surface area (Å²) in [7, 11) is -3.71. The Kier molecular flexibility index (Phi) is 5.21. The van der Waals surface area contributed by atoms with Gasteiger partial charge in [-0.05, 0) is 12.1 Å². The number of hydrogen-bond acceptors (Lipinski definition) is 7. The fraction of sp³-hybridized carbons (Fsp3) is 0.400. The summed E-state index contributed by atoms with van der Waals surface area (Å²) >= 11 is 0. The number of nitro benzene ring substituents is 1. The van der Waals surface area contributed by atoms with Crippen molar-refractivity contribution in [3.8, 4) is 0 Å². The van der Waals surface area contributed by atoms with Crippen molar-refractivity contribution in [1.82, 2.24) is 0 Å². The topological polar surface area (TPSA) is 136 Å². The zero-order valence-corrected chi connectivity index (χ0v) is 10.9. The molecule has 4 N–H and O–H groups in total. The lowest BCUT2D eigenvalue weighted by atomic mass is 10.2. The van der Waals surface area contributed by atoms with Gasteiger partial charge in [0.2, 0.25) is 0 Å². The summed E-state index contributed by atoms with van der Waals surface area (Å²) in [5, 5.41) is 22.3. The average molecular weight is 289 g/mol. The highest BCUT2D eigenvalue weighted by molar-refractivity contribution is 7.91. The van der Waals surface area contributed by atoms with E-state index in [9.17, 15) is 18.5 Å². The molecule has 0 spiro atoms. The van der Waals surface area contributed by atoms with Gasteiger partial charge in [0.1, 0.15) is 5.69 Å². The molecular weight excluding hydrogens is 274 g/mol. The molecule has 0 unspecified atom stereocenters. The maximum atomic E-state index is 11.7. The Morgan fingerprint density at radius 2 is 2.11 bits per heavy atom. The number of anilines is 1. The summed E-state index contributed by atoms with van der Waals surface area (Å²) in [6, 6.07) is 3.55. The first kappa shape index (κ1) is 15.3. The fourth-order valence-corrected chi connectivity index (χ4v) is 2.49. The number of nitrogens with zero attached hydrogens (tertiary/aromatic N) is 1. The van der Waals surface area contributed by atoms with Gasteiger partial charge >= 0.3 is 0 Å². The van der Waals surface area contributed by atoms with Crippen LogP contribution in [0.25, 0.3) is 0 Å². The second kappa shape index (κ2) is 6.45. The molecule has 0 amide bonds. The van der Waals surface area contributed by atoms with Gasteiger partial charge < -0.3 is 16.2 Å². The lowest BCUT2D eigenvalue weighted by Gasteiger charge is -2.08. The van der Waals surface area contributed by atoms with Crippen molar-refractivity contribution in [2.24, 2.45) is 5.73 Å². The zero-order valence-electron chi connectivity index (χ0n) is 10.1. The Morgan fingerprint density at radius 3 is 2.63 bits per heavy atom. The van der Waals surface area contributed by atoms with E-state index in [0.717, 1.165) is 6.07 Å². The maximum Gasteiger partial charge on any atom is 0.293 e. The number of nitrogens with two attached hydrogens (primary N) is 1. The van der Waals surface area contributed by atoms with Gasteiger partial charge in [0, 0.05) is 19.2 Å². The van der Waals surface area contributed by atoms with E-state index in [0.29, 0.717) is 13.1 Å². The van der Waals surface area contributed by atoms with E-state index in [1.807, 2.05) is 0 Å². The Bertz CT molecular complexity index is 558. The highest BCUT2D eigenvalue weighted by Gasteiger charge is 2.20. The first-order valence-corrected chi connectivity index (χ1v) is 7.13. The second-order valence-corrected chi connectivity index (χ2v) is 5.80. The van der Waals surface area contributed by atoms with E-state index in [1.54, 1.807) is 0 Å². The van der Waals surface area contributed by atoms with Crippen molar-refractivity contribution in [2.45, 2.75) is 4.90 Å². The van der Waals surface area contributed by atoms with E-state index < -0.39 is 27.1 Å². The summed E-state index contributed by atoms with van der Waals surface area (Å²) < 4.78 is 23.4. The molecule has 0 atom stereocenters. The third-order valence-electron chi connectivity index (χ3n) is 2.34. The molecule has 0 saturated heterocycles. The minimum atomic E-state index is -3.71. The maximum absolute atomic E-state index is 11.7. The predicted octanol–water partition coefficient (Wildman–Crippen LogP) is -0.269. The van der Waals surface area contributed by atoms with Crippen LogP contribution in [0.3, 0.4) is 0 Å². The van der Waals surface area contributed by atoms with E-state index >= 15 is 0 Å². The summed E-state index contributed by atoms with van der Waals surface area (Å²) in [5.74, 6) is -0.472. The molecule has 1 aromatic rings. The van der Waals surface area contributed by atoms with Crippen LogP contribution in [0, 0.1) is 10.1 Å².